The molecule has 4 aromatic rings. The van der Waals surface area contributed by atoms with Crippen molar-refractivity contribution in [1.82, 2.24) is 24.5 Å². The van der Waals surface area contributed by atoms with Crippen LogP contribution in [-0.2, 0) is 6.54 Å². The third-order valence-electron chi connectivity index (χ3n) is 6.90. The fourth-order valence-electron chi connectivity index (χ4n) is 4.92. The van der Waals surface area contributed by atoms with E-state index in [0.29, 0.717) is 35.4 Å². The molecule has 10 nitrogen and oxygen atoms in total. The number of nitrogens with zero attached hydrogens (tertiary/aromatic N) is 6. The summed E-state index contributed by atoms with van der Waals surface area (Å²) in [4.78, 5) is 18.5. The molecule has 3 aromatic heterocycles. The van der Waals surface area contributed by atoms with Crippen LogP contribution in [0, 0.1) is 5.95 Å². The number of methoxy groups -OCH3 is 1. The number of imidazole rings is 1. The van der Waals surface area contributed by atoms with Crippen molar-refractivity contribution in [2.24, 2.45) is 5.73 Å². The number of nitrogens with two attached hydrogens (primary N) is 2. The van der Waals surface area contributed by atoms with Gasteiger partial charge in [0.2, 0.25) is 0 Å². The van der Waals surface area contributed by atoms with Crippen molar-refractivity contribution in [2.45, 2.75) is 37.5 Å². The molecule has 5 rings (SSSR count). The van der Waals surface area contributed by atoms with Crippen molar-refractivity contribution >= 4 is 22.7 Å². The van der Waals surface area contributed by atoms with E-state index in [1.807, 2.05) is 17.0 Å². The molecule has 0 spiro atoms. The van der Waals surface area contributed by atoms with Crippen LogP contribution >= 0.6 is 0 Å². The molecule has 4 heterocycles. The molecule has 2 atom stereocenters. The number of rotatable bonds is 7. The van der Waals surface area contributed by atoms with Crippen molar-refractivity contribution in [3.05, 3.63) is 54.5 Å². The standard InChI is InChI=1S/C25H27F3N8O2/c1-38-18-6-4-16(34-22(18)28)14-3-5-17(35-8-2-7-25(30,11-35)20(37)21(26)27)15(9-14)10-36-13-33-19-23(29)31-12-32-24(19)36/h3-6,9,12-13,20-21,37H,2,7-8,10-11,30H2,1H3,(H2,29,31,32)/t20-,25-/m1/s1. The minimum absolute atomic E-state index is 0.0259. The zero-order chi connectivity index (χ0) is 27.0. The summed E-state index contributed by atoms with van der Waals surface area (Å²) in [5.41, 5.74) is 14.2. The van der Waals surface area contributed by atoms with Crippen LogP contribution in [0.2, 0.25) is 0 Å². The molecular formula is C25H27F3N8O2. The van der Waals surface area contributed by atoms with E-state index < -0.39 is 24.0 Å². The molecule has 1 aliphatic rings. The van der Waals surface area contributed by atoms with E-state index in [0.717, 1.165) is 11.3 Å². The first-order valence-electron chi connectivity index (χ1n) is 12.0. The van der Waals surface area contributed by atoms with Crippen molar-refractivity contribution in [1.29, 1.82) is 0 Å². The maximum Gasteiger partial charge on any atom is 0.265 e. The average molecular weight is 529 g/mol. The van der Waals surface area contributed by atoms with Crippen molar-refractivity contribution in [3.63, 3.8) is 0 Å². The lowest BCUT2D eigenvalue weighted by molar-refractivity contribution is -0.0529. The normalized spacial score (nSPS) is 18.8. The Morgan fingerprint density at radius 1 is 1.18 bits per heavy atom. The van der Waals surface area contributed by atoms with Gasteiger partial charge in [0.15, 0.2) is 17.2 Å². The lowest BCUT2D eigenvalue weighted by Crippen LogP contribution is -2.63. The third-order valence-corrected chi connectivity index (χ3v) is 6.90. The van der Waals surface area contributed by atoms with Crippen LogP contribution < -0.4 is 21.1 Å². The quantitative estimate of drug-likeness (QED) is 0.309. The van der Waals surface area contributed by atoms with Gasteiger partial charge >= 0.3 is 0 Å². The molecule has 1 aliphatic heterocycles. The third kappa shape index (κ3) is 4.70. The Morgan fingerprint density at radius 2 is 2.00 bits per heavy atom. The van der Waals surface area contributed by atoms with Crippen molar-refractivity contribution in [3.8, 4) is 17.0 Å². The maximum absolute atomic E-state index is 14.4. The molecule has 38 heavy (non-hydrogen) atoms. The number of aliphatic hydroxyl groups is 1. The first-order chi connectivity index (χ1) is 18.2. The van der Waals surface area contributed by atoms with E-state index >= 15 is 0 Å². The second-order valence-corrected chi connectivity index (χ2v) is 9.37. The molecule has 0 bridgehead atoms. The Bertz CT molecular complexity index is 1470. The van der Waals surface area contributed by atoms with Gasteiger partial charge < -0.3 is 30.8 Å². The predicted octanol–water partition coefficient (Wildman–Crippen LogP) is 2.59. The van der Waals surface area contributed by atoms with Crippen LogP contribution in [0.15, 0.2) is 43.0 Å². The van der Waals surface area contributed by atoms with Crippen LogP contribution in [0.4, 0.5) is 24.7 Å². The lowest BCUT2D eigenvalue weighted by atomic mass is 9.84. The number of hydrogen-bond acceptors (Lipinski definition) is 9. The summed E-state index contributed by atoms with van der Waals surface area (Å²) in [5.74, 6) is -0.475. The van der Waals surface area contributed by atoms with Crippen LogP contribution in [0.1, 0.15) is 18.4 Å². The smallest absolute Gasteiger partial charge is 0.265 e. The van der Waals surface area contributed by atoms with Gasteiger partial charge in [0.25, 0.3) is 12.4 Å². The molecule has 0 aliphatic carbocycles. The molecule has 5 N–H and O–H groups in total. The molecule has 0 amide bonds. The van der Waals surface area contributed by atoms with E-state index in [2.05, 4.69) is 19.9 Å². The van der Waals surface area contributed by atoms with Crippen LogP contribution in [0.25, 0.3) is 22.4 Å². The van der Waals surface area contributed by atoms with Gasteiger partial charge in [-0.2, -0.15) is 4.39 Å². The second-order valence-electron chi connectivity index (χ2n) is 9.37. The monoisotopic (exact) mass is 528 g/mol. The van der Waals surface area contributed by atoms with Gasteiger partial charge in [-0.25, -0.2) is 28.7 Å². The van der Waals surface area contributed by atoms with Crippen LogP contribution in [0.5, 0.6) is 5.75 Å². The average Bonchev–Trinajstić information content (AvgIpc) is 3.32. The van der Waals surface area contributed by atoms with Gasteiger partial charge in [0.1, 0.15) is 17.9 Å². The number of benzene rings is 1. The molecule has 1 fully saturated rings. The lowest BCUT2D eigenvalue weighted by Gasteiger charge is -2.44. The molecular weight excluding hydrogens is 501 g/mol. The van der Waals surface area contributed by atoms with Gasteiger partial charge in [-0.15, -0.1) is 0 Å². The number of halogens is 3. The van der Waals surface area contributed by atoms with Crippen LogP contribution in [0.3, 0.4) is 0 Å². The second kappa shape index (κ2) is 10.1. The zero-order valence-electron chi connectivity index (χ0n) is 20.6. The highest BCUT2D eigenvalue weighted by Crippen LogP contribution is 2.34. The SMILES string of the molecule is COc1ccc(-c2ccc(N3CCC[C@](N)([C@H](O)C(F)F)C3)c(Cn3cnc4c(N)ncnc43)c2)nc1F. The molecule has 200 valence electrons. The van der Waals surface area contributed by atoms with E-state index in [4.69, 9.17) is 16.2 Å². The predicted molar refractivity (Wildman–Crippen MR) is 135 cm³/mol. The number of piperidine rings is 1. The molecule has 0 unspecified atom stereocenters. The number of hydrogen-bond donors (Lipinski definition) is 3. The van der Waals surface area contributed by atoms with Crippen molar-refractivity contribution in [2.75, 3.05) is 30.8 Å². The van der Waals surface area contributed by atoms with E-state index in [9.17, 15) is 18.3 Å². The Hall–Kier alpha value is -3.97. The Labute approximate surface area is 216 Å². The number of fused-ring (bicyclic) bond motifs is 1. The molecule has 1 saturated heterocycles. The first-order valence-corrected chi connectivity index (χ1v) is 12.0. The number of pyridine rings is 1. The number of aliphatic hydroxyl groups excluding tert-OH is 1. The Kier molecular flexibility index (Phi) is 6.80. The fourth-order valence-corrected chi connectivity index (χ4v) is 4.92. The highest BCUT2D eigenvalue weighted by atomic mass is 19.3. The van der Waals surface area contributed by atoms with Gasteiger partial charge in [0, 0.05) is 24.3 Å². The number of nitrogen functional groups attached to an aromatic ring is 1. The molecule has 0 radical (unpaired) electrons. The Balaban J connectivity index is 1.57. The number of aromatic nitrogens is 5. The van der Waals surface area contributed by atoms with Gasteiger partial charge in [-0.05, 0) is 42.7 Å². The Morgan fingerprint density at radius 3 is 2.74 bits per heavy atom. The van der Waals surface area contributed by atoms with Gasteiger partial charge in [0.05, 0.1) is 31.2 Å². The maximum atomic E-state index is 14.4. The summed E-state index contributed by atoms with van der Waals surface area (Å²) in [6.07, 6.45) is -1.21. The molecule has 13 heteroatoms. The summed E-state index contributed by atoms with van der Waals surface area (Å²) in [6, 6.07) is 8.57. The van der Waals surface area contributed by atoms with E-state index in [-0.39, 0.29) is 31.1 Å². The van der Waals surface area contributed by atoms with E-state index in [1.54, 1.807) is 23.0 Å². The number of alkyl halides is 2. The number of ether oxygens (including phenoxy) is 1. The number of anilines is 2. The zero-order valence-corrected chi connectivity index (χ0v) is 20.6. The molecule has 0 saturated carbocycles. The minimum atomic E-state index is -2.96. The van der Waals surface area contributed by atoms with Gasteiger partial charge in [-0.1, -0.05) is 6.07 Å². The van der Waals surface area contributed by atoms with E-state index in [1.165, 1.54) is 19.5 Å². The summed E-state index contributed by atoms with van der Waals surface area (Å²) in [6.45, 7) is 0.858. The summed E-state index contributed by atoms with van der Waals surface area (Å²) >= 11 is 0. The van der Waals surface area contributed by atoms with Crippen molar-refractivity contribution < 1.29 is 23.0 Å². The highest BCUT2D eigenvalue weighted by Gasteiger charge is 2.43. The van der Waals surface area contributed by atoms with Gasteiger partial charge in [-0.3, -0.25) is 0 Å². The molecule has 1 aromatic carbocycles. The van der Waals surface area contributed by atoms with Crippen LogP contribution in [-0.4, -0.2) is 67.9 Å². The fraction of sp³-hybridized carbons (Fsp3) is 0.360. The summed E-state index contributed by atoms with van der Waals surface area (Å²) < 4.78 is 47.9. The highest BCUT2D eigenvalue weighted by molar-refractivity contribution is 5.81. The largest absolute Gasteiger partial charge is 0.492 e. The minimum Gasteiger partial charge on any atom is -0.492 e. The topological polar surface area (TPSA) is 141 Å². The summed E-state index contributed by atoms with van der Waals surface area (Å²) in [5, 5.41) is 10.2. The first kappa shape index (κ1) is 25.7. The summed E-state index contributed by atoms with van der Waals surface area (Å²) in [7, 11) is 1.36.